The Kier molecular flexibility index (Phi) is 43.4. The first-order chi connectivity index (χ1) is 41.6. The Morgan fingerprint density at radius 2 is 0.779 bits per heavy atom. The van der Waals surface area contributed by atoms with Crippen molar-refractivity contribution in [3.8, 4) is 0 Å². The molecule has 0 aliphatic carbocycles. The first kappa shape index (κ1) is 78.2. The van der Waals surface area contributed by atoms with Crippen molar-refractivity contribution in [2.24, 2.45) is 11.8 Å². The van der Waals surface area contributed by atoms with Gasteiger partial charge in [-0.15, -0.1) is 0 Å². The van der Waals surface area contributed by atoms with Gasteiger partial charge >= 0.3 is 0 Å². The van der Waals surface area contributed by atoms with Crippen LogP contribution in [0.4, 0.5) is 8.78 Å². The Morgan fingerprint density at radius 3 is 1.15 bits per heavy atom. The summed E-state index contributed by atoms with van der Waals surface area (Å²) in [7, 11) is 0. The minimum absolute atomic E-state index is 0.127. The van der Waals surface area contributed by atoms with Gasteiger partial charge in [-0.3, -0.25) is 0 Å². The lowest BCUT2D eigenvalue weighted by Gasteiger charge is -2.40. The maximum Gasteiger partial charge on any atom is 0.186 e. The van der Waals surface area contributed by atoms with Crippen LogP contribution in [-0.2, 0) is 25.4 Å². The Labute approximate surface area is 515 Å². The van der Waals surface area contributed by atoms with Gasteiger partial charge in [-0.25, -0.2) is 8.78 Å². The Balaban J connectivity index is 1.44. The minimum atomic E-state index is -1.69. The van der Waals surface area contributed by atoms with E-state index in [-0.39, 0.29) is 18.6 Å². The van der Waals surface area contributed by atoms with Gasteiger partial charge in [0.2, 0.25) is 0 Å². The molecule has 10 unspecified atom stereocenters. The monoisotopic (exact) mass is 1230 g/mol. The molecule has 0 saturated carbocycles. The third-order valence-electron chi connectivity index (χ3n) is 17.6. The molecule has 0 spiro atoms. The fourth-order valence-corrected chi connectivity index (χ4v) is 11.7. The molecule has 0 bridgehead atoms. The van der Waals surface area contributed by atoms with Crippen LogP contribution >= 0.6 is 0 Å². The normalized spacial score (nSPS) is 25.3. The second-order valence-electron chi connectivity index (χ2n) is 25.0. The number of halogens is 2. The van der Waals surface area contributed by atoms with Crippen LogP contribution in [0.2, 0.25) is 0 Å². The van der Waals surface area contributed by atoms with E-state index >= 15 is 8.78 Å². The van der Waals surface area contributed by atoms with Gasteiger partial charge < -0.3 is 80.2 Å². The molecular weight excluding hydrogens is 1110 g/mol. The number of aryl methyl sites for hydroxylation is 1. The predicted octanol–water partition coefficient (Wildman–Crippen LogP) is 10.4. The van der Waals surface area contributed by atoms with E-state index in [1.54, 1.807) is 12.1 Å². The van der Waals surface area contributed by atoms with Crippen molar-refractivity contribution in [3.05, 3.63) is 53.4 Å². The molecule has 2 saturated heterocycles. The number of unbranched alkanes of at least 4 members (excludes halogenated alkanes) is 29. The van der Waals surface area contributed by atoms with Crippen LogP contribution in [0.1, 0.15) is 250 Å². The van der Waals surface area contributed by atoms with Gasteiger partial charge in [-0.05, 0) is 56.2 Å². The smallest absolute Gasteiger partial charge is 0.186 e. The second-order valence-corrected chi connectivity index (χ2v) is 25.0. The largest absolute Gasteiger partial charge is 0.394 e. The summed E-state index contributed by atoms with van der Waals surface area (Å²) in [6.45, 7) is 2.38. The molecule has 16 atom stereocenters. The van der Waals surface area contributed by atoms with Gasteiger partial charge in [0.15, 0.2) is 12.6 Å². The van der Waals surface area contributed by atoms with Crippen LogP contribution in [0.3, 0.4) is 0 Å². The number of hydrogen-bond donors (Lipinski definition) is 12. The molecule has 2 heterocycles. The summed E-state index contributed by atoms with van der Waals surface area (Å²) in [6, 6.07) is 7.03. The number of aliphatic hydroxyl groups is 12. The van der Waals surface area contributed by atoms with Gasteiger partial charge in [0, 0.05) is 17.4 Å². The fraction of sp³-hybridized carbons (Fsp3) is 0.853. The topological polar surface area (TPSA) is 280 Å². The van der Waals surface area contributed by atoms with E-state index in [0.717, 1.165) is 95.5 Å². The number of rotatable bonds is 52. The second kappa shape index (κ2) is 47.8. The van der Waals surface area contributed by atoms with Gasteiger partial charge in [-0.1, -0.05) is 231 Å². The number of benzene rings is 1. The lowest BCUT2D eigenvalue weighted by molar-refractivity contribution is -0.303. The number of allylic oxidation sites excluding steroid dienone is 1. The quantitative estimate of drug-likeness (QED) is 0.0270. The van der Waals surface area contributed by atoms with Crippen molar-refractivity contribution < 1.29 is 89.0 Å². The van der Waals surface area contributed by atoms with Crippen LogP contribution in [0.15, 0.2) is 42.2 Å². The van der Waals surface area contributed by atoms with Crippen LogP contribution in [0.5, 0.6) is 0 Å². The van der Waals surface area contributed by atoms with Crippen molar-refractivity contribution in [1.29, 1.82) is 0 Å². The molecule has 502 valence electrons. The first-order valence-electron chi connectivity index (χ1n) is 34.0. The van der Waals surface area contributed by atoms with E-state index in [1.165, 1.54) is 115 Å². The van der Waals surface area contributed by atoms with Crippen molar-refractivity contribution >= 4 is 5.83 Å². The van der Waals surface area contributed by atoms with Crippen LogP contribution in [-0.4, -0.2) is 174 Å². The molecule has 3 rings (SSSR count). The summed E-state index contributed by atoms with van der Waals surface area (Å²) in [6.07, 6.45) is 18.4. The van der Waals surface area contributed by atoms with E-state index in [2.05, 4.69) is 13.8 Å². The van der Waals surface area contributed by atoms with E-state index in [0.29, 0.717) is 32.1 Å². The molecule has 2 fully saturated rings. The van der Waals surface area contributed by atoms with E-state index in [1.807, 2.05) is 12.1 Å². The zero-order valence-electron chi connectivity index (χ0n) is 52.7. The van der Waals surface area contributed by atoms with Crippen LogP contribution in [0.25, 0.3) is 5.83 Å². The maximum absolute atomic E-state index is 16.0. The third-order valence-corrected chi connectivity index (χ3v) is 17.6. The standard InChI is InChI=1S/C68H120F2O16/c1-3-5-7-9-11-13-15-17-19-25-29-33-37-55(73)59(75)51(47-83-67-65(81)63(79)61(77)57(45-71)85-67)43-53(69)36-32-28-24-22-21-23-27-31-35-49-39-41-50(42-40-49)54(70)44-52(48-84-68-66(82)64(80)62(78)58(46-72)86-68)60(76)56(74)38-34-30-26-20-18-16-14-12-10-8-6-4-2/h39-44,51-52,55-68,71-82H,3-38,45-48H2,1-2H3/b53-43+,54-44+/t51-,52-,55+,56+,57?,58?,59-,60-,61?,62?,63?,64?,65?,66?,67?,68?/m0/s1. The minimum Gasteiger partial charge on any atom is -0.394 e. The summed E-state index contributed by atoms with van der Waals surface area (Å²) in [4.78, 5) is 0. The highest BCUT2D eigenvalue weighted by Gasteiger charge is 2.46. The van der Waals surface area contributed by atoms with Gasteiger partial charge in [0.05, 0.1) is 56.7 Å². The van der Waals surface area contributed by atoms with Crippen LogP contribution in [0, 0.1) is 11.8 Å². The van der Waals surface area contributed by atoms with Gasteiger partial charge in [0.1, 0.15) is 54.7 Å². The van der Waals surface area contributed by atoms with Crippen LogP contribution < -0.4 is 0 Å². The Hall–Kier alpha value is -2.08. The summed E-state index contributed by atoms with van der Waals surface area (Å²) >= 11 is 0. The lowest BCUT2D eigenvalue weighted by atomic mass is 9.93. The first-order valence-corrected chi connectivity index (χ1v) is 34.0. The highest BCUT2D eigenvalue weighted by atomic mass is 19.1. The predicted molar refractivity (Wildman–Crippen MR) is 332 cm³/mol. The number of ether oxygens (including phenoxy) is 4. The van der Waals surface area contributed by atoms with Crippen molar-refractivity contribution in [2.75, 3.05) is 26.4 Å². The molecule has 86 heavy (non-hydrogen) atoms. The molecule has 12 N–H and O–H groups in total. The zero-order valence-corrected chi connectivity index (χ0v) is 52.7. The molecule has 16 nitrogen and oxygen atoms in total. The average molecular weight is 1230 g/mol. The molecule has 2 aliphatic rings. The van der Waals surface area contributed by atoms with Crippen molar-refractivity contribution in [3.63, 3.8) is 0 Å². The molecule has 0 aromatic heterocycles. The molecular formula is C68H120F2O16. The number of aliphatic hydroxyl groups excluding tert-OH is 12. The Morgan fingerprint density at radius 1 is 0.442 bits per heavy atom. The molecule has 0 radical (unpaired) electrons. The van der Waals surface area contributed by atoms with E-state index in [9.17, 15) is 61.3 Å². The highest BCUT2D eigenvalue weighted by Crippen LogP contribution is 2.30. The third kappa shape index (κ3) is 31.3. The Bertz CT molecular complexity index is 1840. The SMILES string of the molecule is CCCCCCCCCCCCCC[C@@H](O)[C@@H](O)[C@@H](/C=C(/F)CCCCCCCCCCc1ccc(/C(F)=C\[C@@H](COC2OC(CO)C(O)C(O)C2O)[C@H](O)[C@H](O)CCCCCCCCCCCCCC)cc1)COC1OC(CO)C(O)C(O)C1O. The molecule has 1 aromatic carbocycles. The summed E-state index contributed by atoms with van der Waals surface area (Å²) in [5, 5.41) is 126. The fourth-order valence-electron chi connectivity index (χ4n) is 11.7. The maximum atomic E-state index is 16.0. The molecule has 0 amide bonds. The van der Waals surface area contributed by atoms with E-state index in [4.69, 9.17) is 18.9 Å². The van der Waals surface area contributed by atoms with Gasteiger partial charge in [0.25, 0.3) is 0 Å². The lowest BCUT2D eigenvalue weighted by Crippen LogP contribution is -2.59. The number of hydrogen-bond acceptors (Lipinski definition) is 16. The average Bonchev–Trinajstić information content (AvgIpc) is 2.33. The summed E-state index contributed by atoms with van der Waals surface area (Å²) in [5.74, 6) is -3.21. The summed E-state index contributed by atoms with van der Waals surface area (Å²) < 4.78 is 54.0. The van der Waals surface area contributed by atoms with E-state index < -0.39 is 129 Å². The molecule has 2 aliphatic heterocycles. The molecule has 1 aromatic rings. The van der Waals surface area contributed by atoms with Crippen molar-refractivity contribution in [1.82, 2.24) is 0 Å². The van der Waals surface area contributed by atoms with Gasteiger partial charge in [-0.2, -0.15) is 0 Å². The zero-order chi connectivity index (χ0) is 62.9. The molecule has 18 heteroatoms. The highest BCUT2D eigenvalue weighted by molar-refractivity contribution is 5.59. The summed E-state index contributed by atoms with van der Waals surface area (Å²) in [5.41, 5.74) is 1.29. The van der Waals surface area contributed by atoms with Crippen molar-refractivity contribution in [2.45, 2.75) is 331 Å².